The molecule has 2 N–H and O–H groups in total. The Balaban J connectivity index is 0.00000364. The molecule has 0 unspecified atom stereocenters. The van der Waals surface area contributed by atoms with Crippen molar-refractivity contribution in [2.75, 3.05) is 39.2 Å². The normalized spacial score (nSPS) is 10.6. The van der Waals surface area contributed by atoms with Gasteiger partial charge in [-0.05, 0) is 37.6 Å². The highest BCUT2D eigenvalue weighted by Crippen LogP contribution is 2.30. The van der Waals surface area contributed by atoms with Crippen molar-refractivity contribution in [3.8, 4) is 17.2 Å². The molecule has 0 saturated heterocycles. The molecule has 0 aliphatic heterocycles. The predicted octanol–water partition coefficient (Wildman–Crippen LogP) is 4.17. The zero-order valence-electron chi connectivity index (χ0n) is 16.0. The van der Waals surface area contributed by atoms with E-state index in [9.17, 15) is 0 Å². The van der Waals surface area contributed by atoms with Crippen LogP contribution >= 0.6 is 24.0 Å². The van der Waals surface area contributed by atoms with E-state index in [1.54, 1.807) is 14.2 Å². The molecule has 0 fully saturated rings. The molecule has 0 bridgehead atoms. The first-order valence-electron chi connectivity index (χ1n) is 8.73. The molecule has 0 amide bonds. The Bertz CT molecular complexity index is 696. The summed E-state index contributed by atoms with van der Waals surface area (Å²) in [4.78, 5) is 4.23. The zero-order valence-corrected chi connectivity index (χ0v) is 18.4. The lowest BCUT2D eigenvalue weighted by molar-refractivity contribution is 0.311. The number of guanidine groups is 1. The Hall–Kier alpha value is -2.16. The van der Waals surface area contributed by atoms with Crippen molar-refractivity contribution in [3.05, 3.63) is 48.5 Å². The molecule has 2 rings (SSSR count). The van der Waals surface area contributed by atoms with Crippen LogP contribution in [0.25, 0.3) is 0 Å². The van der Waals surface area contributed by atoms with Gasteiger partial charge >= 0.3 is 0 Å². The first-order valence-corrected chi connectivity index (χ1v) is 8.73. The summed E-state index contributed by atoms with van der Waals surface area (Å²) in [7, 11) is 3.36. The molecule has 2 aromatic rings. The van der Waals surface area contributed by atoms with E-state index in [0.29, 0.717) is 24.9 Å². The van der Waals surface area contributed by atoms with Gasteiger partial charge in [0.1, 0.15) is 5.75 Å². The molecule has 0 saturated carbocycles. The molecule has 148 valence electrons. The Labute approximate surface area is 178 Å². The summed E-state index contributed by atoms with van der Waals surface area (Å²) in [5, 5.41) is 6.51. The quantitative estimate of drug-likeness (QED) is 0.242. The van der Waals surface area contributed by atoms with Crippen molar-refractivity contribution in [3.63, 3.8) is 0 Å². The fraction of sp³-hybridized carbons (Fsp3) is 0.350. The van der Waals surface area contributed by atoms with Gasteiger partial charge in [-0.1, -0.05) is 18.2 Å². The molecule has 0 atom stereocenters. The molecule has 6 nitrogen and oxygen atoms in total. The van der Waals surface area contributed by atoms with Crippen LogP contribution in [-0.4, -0.2) is 39.9 Å². The van der Waals surface area contributed by atoms with Crippen LogP contribution in [0.1, 0.15) is 13.3 Å². The van der Waals surface area contributed by atoms with Gasteiger partial charge in [0, 0.05) is 25.3 Å². The standard InChI is InChI=1S/C20H27N3O3.HI/c1-4-25-18-12-11-16(15-19(18)24-3)23-20(21-2)22-13-8-14-26-17-9-6-5-7-10-17;/h5-7,9-12,15H,4,8,13-14H2,1-3H3,(H2,21,22,23);1H. The molecule has 0 aliphatic carbocycles. The SMILES string of the molecule is CCOc1ccc(NC(=NC)NCCCOc2ccccc2)cc1OC.I. The van der Waals surface area contributed by atoms with Crippen LogP contribution < -0.4 is 24.8 Å². The second-order valence-electron chi connectivity index (χ2n) is 5.44. The summed E-state index contributed by atoms with van der Waals surface area (Å²) < 4.78 is 16.6. The van der Waals surface area contributed by atoms with E-state index in [1.807, 2.05) is 55.5 Å². The van der Waals surface area contributed by atoms with Gasteiger partial charge in [0.15, 0.2) is 17.5 Å². The maximum absolute atomic E-state index is 5.68. The molecular formula is C20H28IN3O3. The lowest BCUT2D eigenvalue weighted by atomic mass is 10.2. The maximum Gasteiger partial charge on any atom is 0.195 e. The van der Waals surface area contributed by atoms with Gasteiger partial charge < -0.3 is 24.8 Å². The molecule has 27 heavy (non-hydrogen) atoms. The molecule has 2 aromatic carbocycles. The molecule has 0 aliphatic rings. The second kappa shape index (κ2) is 13.1. The van der Waals surface area contributed by atoms with Gasteiger partial charge in [0.05, 0.1) is 20.3 Å². The van der Waals surface area contributed by atoms with Crippen molar-refractivity contribution < 1.29 is 14.2 Å². The summed E-state index contributed by atoms with van der Waals surface area (Å²) in [5.41, 5.74) is 0.874. The number of halogens is 1. The van der Waals surface area contributed by atoms with E-state index in [-0.39, 0.29) is 24.0 Å². The monoisotopic (exact) mass is 485 g/mol. The minimum absolute atomic E-state index is 0. The van der Waals surface area contributed by atoms with Crippen LogP contribution in [0.2, 0.25) is 0 Å². The molecule has 0 spiro atoms. The number of hydrogen-bond donors (Lipinski definition) is 2. The van der Waals surface area contributed by atoms with Crippen molar-refractivity contribution in [2.45, 2.75) is 13.3 Å². The van der Waals surface area contributed by atoms with Crippen LogP contribution in [0.15, 0.2) is 53.5 Å². The Morgan fingerprint density at radius 1 is 1.04 bits per heavy atom. The number of nitrogens with one attached hydrogen (secondary N) is 2. The third-order valence-electron chi connectivity index (χ3n) is 3.58. The molecule has 0 radical (unpaired) electrons. The summed E-state index contributed by atoms with van der Waals surface area (Å²) in [6.45, 7) is 3.93. The Kier molecular flexibility index (Phi) is 11.1. The smallest absolute Gasteiger partial charge is 0.195 e. The highest BCUT2D eigenvalue weighted by Gasteiger charge is 2.06. The van der Waals surface area contributed by atoms with Gasteiger partial charge in [-0.25, -0.2) is 0 Å². The summed E-state index contributed by atoms with van der Waals surface area (Å²) >= 11 is 0. The van der Waals surface area contributed by atoms with E-state index < -0.39 is 0 Å². The lowest BCUT2D eigenvalue weighted by Crippen LogP contribution is -2.32. The van der Waals surface area contributed by atoms with E-state index in [1.165, 1.54) is 0 Å². The number of para-hydroxylation sites is 1. The number of nitrogens with zero attached hydrogens (tertiary/aromatic N) is 1. The van der Waals surface area contributed by atoms with Gasteiger partial charge in [-0.15, -0.1) is 24.0 Å². The predicted molar refractivity (Wildman–Crippen MR) is 121 cm³/mol. The largest absolute Gasteiger partial charge is 0.494 e. The van der Waals surface area contributed by atoms with Crippen LogP contribution in [0.3, 0.4) is 0 Å². The maximum atomic E-state index is 5.68. The van der Waals surface area contributed by atoms with Crippen LogP contribution in [-0.2, 0) is 0 Å². The number of hydrogen-bond acceptors (Lipinski definition) is 4. The van der Waals surface area contributed by atoms with E-state index in [2.05, 4.69) is 15.6 Å². The van der Waals surface area contributed by atoms with Gasteiger partial charge in [0.2, 0.25) is 0 Å². The highest BCUT2D eigenvalue weighted by molar-refractivity contribution is 14.0. The van der Waals surface area contributed by atoms with E-state index in [0.717, 1.165) is 30.2 Å². The van der Waals surface area contributed by atoms with E-state index >= 15 is 0 Å². The molecular weight excluding hydrogens is 457 g/mol. The number of ether oxygens (including phenoxy) is 3. The third-order valence-corrected chi connectivity index (χ3v) is 3.58. The second-order valence-corrected chi connectivity index (χ2v) is 5.44. The Morgan fingerprint density at radius 3 is 2.48 bits per heavy atom. The number of anilines is 1. The average Bonchev–Trinajstić information content (AvgIpc) is 2.68. The lowest BCUT2D eigenvalue weighted by Gasteiger charge is -2.14. The first kappa shape index (κ1) is 22.9. The molecule has 7 heteroatoms. The number of methoxy groups -OCH3 is 1. The van der Waals surface area contributed by atoms with Crippen LogP contribution in [0.4, 0.5) is 5.69 Å². The minimum Gasteiger partial charge on any atom is -0.494 e. The van der Waals surface area contributed by atoms with Gasteiger partial charge in [-0.3, -0.25) is 4.99 Å². The summed E-state index contributed by atoms with van der Waals surface area (Å²) in [6, 6.07) is 15.5. The summed E-state index contributed by atoms with van der Waals surface area (Å²) in [6.07, 6.45) is 0.863. The number of aliphatic imine (C=N–C) groups is 1. The van der Waals surface area contributed by atoms with Gasteiger partial charge in [-0.2, -0.15) is 0 Å². The van der Waals surface area contributed by atoms with Crippen molar-refractivity contribution in [2.24, 2.45) is 4.99 Å². The molecule has 0 aromatic heterocycles. The number of rotatable bonds is 9. The Morgan fingerprint density at radius 2 is 1.81 bits per heavy atom. The third kappa shape index (κ3) is 7.94. The minimum atomic E-state index is 0. The first-order chi connectivity index (χ1) is 12.8. The fourth-order valence-electron chi connectivity index (χ4n) is 2.32. The van der Waals surface area contributed by atoms with Gasteiger partial charge in [0.25, 0.3) is 0 Å². The zero-order chi connectivity index (χ0) is 18.6. The highest BCUT2D eigenvalue weighted by atomic mass is 127. The van der Waals surface area contributed by atoms with Crippen LogP contribution in [0, 0.1) is 0 Å². The van der Waals surface area contributed by atoms with Crippen LogP contribution in [0.5, 0.6) is 17.2 Å². The van der Waals surface area contributed by atoms with Crippen molar-refractivity contribution in [1.29, 1.82) is 0 Å². The van der Waals surface area contributed by atoms with Crippen molar-refractivity contribution in [1.82, 2.24) is 5.32 Å². The molecule has 0 heterocycles. The fourth-order valence-corrected chi connectivity index (χ4v) is 2.32. The van der Waals surface area contributed by atoms with E-state index in [4.69, 9.17) is 14.2 Å². The number of benzene rings is 2. The van der Waals surface area contributed by atoms with Crippen molar-refractivity contribution >= 4 is 35.6 Å². The topological polar surface area (TPSA) is 64.1 Å². The summed E-state index contributed by atoms with van der Waals surface area (Å²) in [5.74, 6) is 2.98. The average molecular weight is 485 g/mol.